The van der Waals surface area contributed by atoms with Crippen LogP contribution in [0.5, 0.6) is 5.75 Å². The first-order valence-corrected chi connectivity index (χ1v) is 9.32. The van der Waals surface area contributed by atoms with Crippen LogP contribution in [-0.4, -0.2) is 47.5 Å². The van der Waals surface area contributed by atoms with E-state index in [1.807, 2.05) is 0 Å². The number of ether oxygens (including phenoxy) is 1. The Morgan fingerprint density at radius 2 is 1.87 bits per heavy atom. The van der Waals surface area contributed by atoms with Crippen molar-refractivity contribution in [1.29, 1.82) is 0 Å². The Bertz CT molecular complexity index is 1000. The molecule has 0 radical (unpaired) electrons. The average Bonchev–Trinajstić information content (AvgIpc) is 2.70. The molecule has 1 aromatic heterocycles. The smallest absolute Gasteiger partial charge is 0.416 e. The number of nitrogens with one attached hydrogen (secondary N) is 1. The molecule has 10 heteroatoms. The van der Waals surface area contributed by atoms with Crippen molar-refractivity contribution >= 4 is 11.8 Å². The van der Waals surface area contributed by atoms with Crippen LogP contribution in [0.25, 0.3) is 0 Å². The minimum Gasteiger partial charge on any atom is -0.488 e. The van der Waals surface area contributed by atoms with Crippen molar-refractivity contribution in [1.82, 2.24) is 14.8 Å². The van der Waals surface area contributed by atoms with E-state index in [0.717, 1.165) is 24.3 Å². The zero-order valence-corrected chi connectivity index (χ0v) is 16.2. The quantitative estimate of drug-likeness (QED) is 0.772. The number of nitrogens with zero attached hydrogens (tertiary/aromatic N) is 2. The number of halogens is 3. The Hall–Kier alpha value is -3.30. The second kappa shape index (κ2) is 8.60. The summed E-state index contributed by atoms with van der Waals surface area (Å²) in [7, 11) is 0. The fourth-order valence-corrected chi connectivity index (χ4v) is 3.11. The Balaban J connectivity index is 1.58. The summed E-state index contributed by atoms with van der Waals surface area (Å²) in [6.07, 6.45) is -2.95. The zero-order valence-electron chi connectivity index (χ0n) is 16.2. The standard InChI is InChI=1S/C20H20F3N3O4/c1-2-30-17-12-26-10-9-25(19(29)15(26)11-16(17)27)8-7-24-18(28)13-3-5-14(6-4-13)20(21,22)23/h3-6,11-12H,2,7-10H2,1H3,(H,24,28). The van der Waals surface area contributed by atoms with Crippen LogP contribution in [0.2, 0.25) is 0 Å². The van der Waals surface area contributed by atoms with Crippen LogP contribution in [0, 0.1) is 0 Å². The van der Waals surface area contributed by atoms with Crippen molar-refractivity contribution in [2.24, 2.45) is 0 Å². The van der Waals surface area contributed by atoms with E-state index >= 15 is 0 Å². The highest BCUT2D eigenvalue weighted by Gasteiger charge is 2.30. The van der Waals surface area contributed by atoms with Crippen molar-refractivity contribution in [3.8, 4) is 5.75 Å². The first kappa shape index (κ1) is 21.4. The summed E-state index contributed by atoms with van der Waals surface area (Å²) in [4.78, 5) is 38.3. The van der Waals surface area contributed by atoms with Crippen LogP contribution in [0.1, 0.15) is 33.3 Å². The number of fused-ring (bicyclic) bond motifs is 1. The molecule has 1 aliphatic heterocycles. The lowest BCUT2D eigenvalue weighted by Gasteiger charge is -2.30. The second-order valence-corrected chi connectivity index (χ2v) is 6.64. The monoisotopic (exact) mass is 423 g/mol. The van der Waals surface area contributed by atoms with Crippen LogP contribution in [-0.2, 0) is 12.7 Å². The molecule has 1 N–H and O–H groups in total. The molecule has 2 amide bonds. The largest absolute Gasteiger partial charge is 0.488 e. The maximum atomic E-state index is 12.6. The zero-order chi connectivity index (χ0) is 21.9. The SMILES string of the molecule is CCOc1cn2c(cc1=O)C(=O)N(CCNC(=O)c1ccc(C(F)(F)F)cc1)CC2. The van der Waals surface area contributed by atoms with Crippen molar-refractivity contribution in [2.45, 2.75) is 19.6 Å². The molecule has 0 saturated heterocycles. The number of hydrogen-bond acceptors (Lipinski definition) is 4. The summed E-state index contributed by atoms with van der Waals surface area (Å²) < 4.78 is 44.7. The Morgan fingerprint density at radius 1 is 1.17 bits per heavy atom. The number of rotatable bonds is 6. The van der Waals surface area contributed by atoms with Crippen molar-refractivity contribution in [3.63, 3.8) is 0 Å². The van der Waals surface area contributed by atoms with Crippen LogP contribution < -0.4 is 15.5 Å². The first-order valence-electron chi connectivity index (χ1n) is 9.32. The molecular formula is C20H20F3N3O4. The highest BCUT2D eigenvalue weighted by molar-refractivity contribution is 5.95. The third kappa shape index (κ3) is 4.64. The number of benzene rings is 1. The van der Waals surface area contributed by atoms with Crippen LogP contribution in [0.3, 0.4) is 0 Å². The summed E-state index contributed by atoms with van der Waals surface area (Å²) >= 11 is 0. The van der Waals surface area contributed by atoms with Gasteiger partial charge in [-0.05, 0) is 31.2 Å². The number of carbonyl (C=O) groups is 2. The predicted molar refractivity (Wildman–Crippen MR) is 102 cm³/mol. The predicted octanol–water partition coefficient (Wildman–Crippen LogP) is 2.15. The van der Waals surface area contributed by atoms with Gasteiger partial charge >= 0.3 is 6.18 Å². The minimum atomic E-state index is -4.47. The van der Waals surface area contributed by atoms with Gasteiger partial charge in [0.25, 0.3) is 11.8 Å². The van der Waals surface area contributed by atoms with E-state index in [0.29, 0.717) is 19.7 Å². The molecule has 0 aliphatic carbocycles. The van der Waals surface area contributed by atoms with Crippen molar-refractivity contribution in [3.05, 3.63) is 63.6 Å². The molecule has 30 heavy (non-hydrogen) atoms. The van der Waals surface area contributed by atoms with E-state index in [9.17, 15) is 27.6 Å². The number of alkyl halides is 3. The highest BCUT2D eigenvalue weighted by atomic mass is 19.4. The molecule has 7 nitrogen and oxygen atoms in total. The van der Waals surface area contributed by atoms with Gasteiger partial charge in [-0.15, -0.1) is 0 Å². The third-order valence-electron chi connectivity index (χ3n) is 4.65. The van der Waals surface area contributed by atoms with Gasteiger partial charge in [0.1, 0.15) is 5.69 Å². The molecule has 160 valence electrons. The van der Waals surface area contributed by atoms with E-state index in [1.165, 1.54) is 17.2 Å². The minimum absolute atomic E-state index is 0.0910. The van der Waals surface area contributed by atoms with Crippen molar-refractivity contribution < 1.29 is 27.5 Å². The first-order chi connectivity index (χ1) is 14.2. The van der Waals surface area contributed by atoms with Gasteiger partial charge in [-0.25, -0.2) is 0 Å². The van der Waals surface area contributed by atoms with Gasteiger partial charge in [0, 0.05) is 37.8 Å². The molecule has 0 fully saturated rings. The number of amides is 2. The molecule has 0 unspecified atom stereocenters. The molecule has 0 atom stereocenters. The van der Waals surface area contributed by atoms with Gasteiger partial charge in [0.2, 0.25) is 5.43 Å². The highest BCUT2D eigenvalue weighted by Crippen LogP contribution is 2.29. The van der Waals surface area contributed by atoms with E-state index in [2.05, 4.69) is 5.32 Å². The summed E-state index contributed by atoms with van der Waals surface area (Å²) in [5.74, 6) is -0.692. The molecule has 0 bridgehead atoms. The molecule has 1 aromatic carbocycles. The van der Waals surface area contributed by atoms with E-state index in [-0.39, 0.29) is 41.4 Å². The molecule has 0 saturated carbocycles. The maximum absolute atomic E-state index is 12.6. The number of pyridine rings is 1. The maximum Gasteiger partial charge on any atom is 0.416 e. The average molecular weight is 423 g/mol. The fraction of sp³-hybridized carbons (Fsp3) is 0.350. The third-order valence-corrected chi connectivity index (χ3v) is 4.65. The molecule has 0 spiro atoms. The summed E-state index contributed by atoms with van der Waals surface area (Å²) in [5, 5.41) is 2.58. The molecule has 2 aromatic rings. The fourth-order valence-electron chi connectivity index (χ4n) is 3.11. The molecular weight excluding hydrogens is 403 g/mol. The van der Waals surface area contributed by atoms with Crippen LogP contribution >= 0.6 is 0 Å². The van der Waals surface area contributed by atoms with Gasteiger partial charge < -0.3 is 19.5 Å². The van der Waals surface area contributed by atoms with Gasteiger partial charge in [-0.3, -0.25) is 14.4 Å². The van der Waals surface area contributed by atoms with Gasteiger partial charge in [0.15, 0.2) is 5.75 Å². The van der Waals surface area contributed by atoms with Gasteiger partial charge in [-0.2, -0.15) is 13.2 Å². The van der Waals surface area contributed by atoms with E-state index < -0.39 is 17.6 Å². The van der Waals surface area contributed by atoms with E-state index in [4.69, 9.17) is 4.74 Å². The molecule has 2 heterocycles. The van der Waals surface area contributed by atoms with E-state index in [1.54, 1.807) is 11.5 Å². The number of carbonyl (C=O) groups excluding carboxylic acids is 2. The topological polar surface area (TPSA) is 80.6 Å². The molecule has 3 rings (SSSR count). The lowest BCUT2D eigenvalue weighted by atomic mass is 10.1. The summed E-state index contributed by atoms with van der Waals surface area (Å²) in [6, 6.07) is 5.12. The lowest BCUT2D eigenvalue weighted by molar-refractivity contribution is -0.137. The Labute approximate surface area is 170 Å². The second-order valence-electron chi connectivity index (χ2n) is 6.64. The molecule has 1 aliphatic rings. The van der Waals surface area contributed by atoms with Crippen molar-refractivity contribution in [2.75, 3.05) is 26.2 Å². The number of aromatic nitrogens is 1. The Kier molecular flexibility index (Phi) is 6.14. The van der Waals surface area contributed by atoms with Crippen LogP contribution in [0.4, 0.5) is 13.2 Å². The van der Waals surface area contributed by atoms with Gasteiger partial charge in [-0.1, -0.05) is 0 Å². The lowest BCUT2D eigenvalue weighted by Crippen LogP contribution is -2.45. The van der Waals surface area contributed by atoms with Crippen LogP contribution in [0.15, 0.2) is 41.3 Å². The normalized spacial score (nSPS) is 13.7. The summed E-state index contributed by atoms with van der Waals surface area (Å²) in [6.45, 7) is 3.27. The van der Waals surface area contributed by atoms with Gasteiger partial charge in [0.05, 0.1) is 18.4 Å². The Morgan fingerprint density at radius 3 is 2.50 bits per heavy atom. The summed E-state index contributed by atoms with van der Waals surface area (Å²) in [5.41, 5.74) is -0.884. The number of hydrogen-bond donors (Lipinski definition) is 1.